The van der Waals surface area contributed by atoms with Gasteiger partial charge in [-0.05, 0) is 29.3 Å². The molecule has 0 saturated carbocycles. The Balaban J connectivity index is 1.52. The largest absolute Gasteiger partial charge is 0.323 e. The van der Waals surface area contributed by atoms with Crippen molar-refractivity contribution in [3.63, 3.8) is 0 Å². The number of nitrogens with zero attached hydrogens (tertiary/aromatic N) is 4. The summed E-state index contributed by atoms with van der Waals surface area (Å²) < 4.78 is 1.68. The smallest absolute Gasteiger partial charge is 0.322 e. The van der Waals surface area contributed by atoms with Gasteiger partial charge in [-0.2, -0.15) is 16.4 Å². The standard InChI is InChI=1S/C15H21N5OS/c1-12(13-4-10-22-11-13)19-6-8-20(9-7-19)15(21)16-14-3-5-18(2)17-14/h3-5,10-12H,6-9H2,1-2H3,(H,16,17,21)/t12-/m1/s1. The number of anilines is 1. The molecule has 1 aliphatic heterocycles. The maximum absolute atomic E-state index is 12.2. The third-order valence-corrected chi connectivity index (χ3v) is 4.82. The molecule has 1 fully saturated rings. The molecule has 0 aliphatic carbocycles. The SMILES string of the molecule is C[C@H](c1ccsc1)N1CCN(C(=O)Nc2ccn(C)n2)CC1. The minimum absolute atomic E-state index is 0.0680. The van der Waals surface area contributed by atoms with E-state index in [1.165, 1.54) is 5.56 Å². The zero-order valence-corrected chi connectivity index (χ0v) is 13.7. The van der Waals surface area contributed by atoms with E-state index in [9.17, 15) is 4.79 Å². The predicted molar refractivity (Wildman–Crippen MR) is 88.1 cm³/mol. The predicted octanol–water partition coefficient (Wildman–Crippen LogP) is 2.39. The summed E-state index contributed by atoms with van der Waals surface area (Å²) in [5.41, 5.74) is 1.36. The quantitative estimate of drug-likeness (QED) is 0.945. The summed E-state index contributed by atoms with van der Waals surface area (Å²) in [5, 5.41) is 11.3. The number of carbonyl (C=O) groups excluding carboxylic acids is 1. The number of aryl methyl sites for hydroxylation is 1. The van der Waals surface area contributed by atoms with Crippen molar-refractivity contribution in [2.75, 3.05) is 31.5 Å². The number of hydrogen-bond donors (Lipinski definition) is 1. The maximum Gasteiger partial charge on any atom is 0.323 e. The van der Waals surface area contributed by atoms with E-state index in [-0.39, 0.29) is 6.03 Å². The number of hydrogen-bond acceptors (Lipinski definition) is 4. The van der Waals surface area contributed by atoms with Crippen molar-refractivity contribution in [1.82, 2.24) is 19.6 Å². The number of urea groups is 1. The topological polar surface area (TPSA) is 53.4 Å². The molecule has 0 bridgehead atoms. The Morgan fingerprint density at radius 1 is 1.32 bits per heavy atom. The summed E-state index contributed by atoms with van der Waals surface area (Å²) in [6.45, 7) is 5.51. The van der Waals surface area contributed by atoms with Crippen LogP contribution in [0.2, 0.25) is 0 Å². The highest BCUT2D eigenvalue weighted by molar-refractivity contribution is 7.07. The summed E-state index contributed by atoms with van der Waals surface area (Å²) in [6, 6.07) is 4.32. The Morgan fingerprint density at radius 2 is 2.09 bits per heavy atom. The fourth-order valence-corrected chi connectivity index (χ4v) is 3.45. The van der Waals surface area contributed by atoms with Crippen LogP contribution >= 0.6 is 11.3 Å². The minimum atomic E-state index is -0.0680. The number of nitrogens with one attached hydrogen (secondary N) is 1. The lowest BCUT2D eigenvalue weighted by atomic mass is 10.1. The summed E-state index contributed by atoms with van der Waals surface area (Å²) in [4.78, 5) is 16.5. The second-order valence-electron chi connectivity index (χ2n) is 5.56. The lowest BCUT2D eigenvalue weighted by molar-refractivity contribution is 0.119. The van der Waals surface area contributed by atoms with Gasteiger partial charge < -0.3 is 4.90 Å². The molecule has 22 heavy (non-hydrogen) atoms. The highest BCUT2D eigenvalue weighted by atomic mass is 32.1. The number of carbonyl (C=O) groups is 1. The highest BCUT2D eigenvalue weighted by Gasteiger charge is 2.25. The number of thiophene rings is 1. The average Bonchev–Trinajstić information content (AvgIpc) is 3.18. The molecule has 1 saturated heterocycles. The lowest BCUT2D eigenvalue weighted by Gasteiger charge is -2.37. The minimum Gasteiger partial charge on any atom is -0.322 e. The third kappa shape index (κ3) is 3.31. The van der Waals surface area contributed by atoms with Crippen molar-refractivity contribution in [3.8, 4) is 0 Å². The van der Waals surface area contributed by atoms with E-state index in [0.717, 1.165) is 26.2 Å². The van der Waals surface area contributed by atoms with Crippen LogP contribution in [-0.4, -0.2) is 51.8 Å². The molecule has 1 N–H and O–H groups in total. The van der Waals surface area contributed by atoms with Crippen molar-refractivity contribution in [1.29, 1.82) is 0 Å². The van der Waals surface area contributed by atoms with Gasteiger partial charge in [-0.25, -0.2) is 4.79 Å². The van der Waals surface area contributed by atoms with E-state index in [1.807, 2.05) is 18.1 Å². The highest BCUT2D eigenvalue weighted by Crippen LogP contribution is 2.23. The van der Waals surface area contributed by atoms with Crippen LogP contribution in [0.4, 0.5) is 10.6 Å². The van der Waals surface area contributed by atoms with Crippen LogP contribution in [0.25, 0.3) is 0 Å². The van der Waals surface area contributed by atoms with Gasteiger partial charge in [0, 0.05) is 51.5 Å². The van der Waals surface area contributed by atoms with Crippen molar-refractivity contribution in [2.24, 2.45) is 7.05 Å². The molecule has 0 aromatic carbocycles. The molecule has 3 heterocycles. The van der Waals surface area contributed by atoms with Crippen LogP contribution in [0.3, 0.4) is 0 Å². The van der Waals surface area contributed by atoms with Crippen LogP contribution in [0.1, 0.15) is 18.5 Å². The maximum atomic E-state index is 12.2. The molecule has 118 valence electrons. The van der Waals surface area contributed by atoms with Gasteiger partial charge in [0.2, 0.25) is 0 Å². The van der Waals surface area contributed by atoms with Gasteiger partial charge in [0.25, 0.3) is 0 Å². The first-order chi connectivity index (χ1) is 10.6. The van der Waals surface area contributed by atoms with E-state index in [1.54, 1.807) is 22.1 Å². The van der Waals surface area contributed by atoms with Crippen LogP contribution < -0.4 is 5.32 Å². The van der Waals surface area contributed by atoms with Crippen molar-refractivity contribution in [3.05, 3.63) is 34.7 Å². The zero-order chi connectivity index (χ0) is 15.5. The van der Waals surface area contributed by atoms with Gasteiger partial charge in [0.15, 0.2) is 5.82 Å². The Hall–Kier alpha value is -1.86. The molecule has 0 unspecified atom stereocenters. The van der Waals surface area contributed by atoms with E-state index in [4.69, 9.17) is 0 Å². The van der Waals surface area contributed by atoms with E-state index in [0.29, 0.717) is 11.9 Å². The monoisotopic (exact) mass is 319 g/mol. The van der Waals surface area contributed by atoms with Gasteiger partial charge in [0.05, 0.1) is 0 Å². The van der Waals surface area contributed by atoms with Crippen molar-refractivity contribution >= 4 is 23.2 Å². The third-order valence-electron chi connectivity index (χ3n) is 4.12. The number of piperazine rings is 1. The van der Waals surface area contributed by atoms with Gasteiger partial charge in [-0.3, -0.25) is 14.9 Å². The van der Waals surface area contributed by atoms with E-state index in [2.05, 4.69) is 39.1 Å². The number of amides is 2. The zero-order valence-electron chi connectivity index (χ0n) is 12.9. The molecule has 6 nitrogen and oxygen atoms in total. The molecule has 2 aromatic heterocycles. The van der Waals surface area contributed by atoms with Crippen LogP contribution in [-0.2, 0) is 7.05 Å². The fraction of sp³-hybridized carbons (Fsp3) is 0.467. The van der Waals surface area contributed by atoms with Crippen molar-refractivity contribution in [2.45, 2.75) is 13.0 Å². The average molecular weight is 319 g/mol. The normalized spacial score (nSPS) is 17.5. The molecule has 0 spiro atoms. The first kappa shape index (κ1) is 15.1. The molecular weight excluding hydrogens is 298 g/mol. The van der Waals surface area contributed by atoms with Crippen LogP contribution in [0, 0.1) is 0 Å². The first-order valence-electron chi connectivity index (χ1n) is 7.45. The molecule has 2 aromatic rings. The van der Waals surface area contributed by atoms with E-state index < -0.39 is 0 Å². The van der Waals surface area contributed by atoms with Gasteiger partial charge in [-0.15, -0.1) is 0 Å². The number of rotatable bonds is 3. The van der Waals surface area contributed by atoms with Gasteiger partial charge in [0.1, 0.15) is 0 Å². The summed E-state index contributed by atoms with van der Waals surface area (Å²) in [5.74, 6) is 0.599. The van der Waals surface area contributed by atoms with Crippen molar-refractivity contribution < 1.29 is 4.79 Å². The molecule has 7 heteroatoms. The molecule has 2 amide bonds. The lowest BCUT2D eigenvalue weighted by Crippen LogP contribution is -2.50. The molecule has 1 aliphatic rings. The summed E-state index contributed by atoms with van der Waals surface area (Å²) in [6.07, 6.45) is 1.82. The molecule has 1 atom stereocenters. The Labute approximate surface area is 134 Å². The van der Waals surface area contributed by atoms with Crippen LogP contribution in [0.15, 0.2) is 29.1 Å². The van der Waals surface area contributed by atoms with E-state index >= 15 is 0 Å². The second-order valence-corrected chi connectivity index (χ2v) is 6.34. The fourth-order valence-electron chi connectivity index (χ4n) is 2.71. The first-order valence-corrected chi connectivity index (χ1v) is 8.39. The number of aromatic nitrogens is 2. The van der Waals surface area contributed by atoms with Gasteiger partial charge in [-0.1, -0.05) is 0 Å². The second kappa shape index (κ2) is 6.50. The molecule has 3 rings (SSSR count). The van der Waals surface area contributed by atoms with Gasteiger partial charge >= 0.3 is 6.03 Å². The summed E-state index contributed by atoms with van der Waals surface area (Å²) >= 11 is 1.73. The van der Waals surface area contributed by atoms with Crippen LogP contribution in [0.5, 0.6) is 0 Å². The Morgan fingerprint density at radius 3 is 2.68 bits per heavy atom. The Bertz CT molecular complexity index is 616. The summed E-state index contributed by atoms with van der Waals surface area (Å²) in [7, 11) is 1.83. The molecular formula is C15H21N5OS. The molecule has 0 radical (unpaired) electrons. The Kier molecular flexibility index (Phi) is 4.44.